The molecule has 20 heavy (non-hydrogen) atoms. The van der Waals surface area contributed by atoms with E-state index < -0.39 is 10.8 Å². The fourth-order valence-electron chi connectivity index (χ4n) is 1.43. The number of hydrazine groups is 1. The molecule has 0 aliphatic rings. The van der Waals surface area contributed by atoms with Crippen molar-refractivity contribution in [1.82, 2.24) is 5.32 Å². The van der Waals surface area contributed by atoms with Crippen LogP contribution in [-0.4, -0.2) is 28.4 Å². The minimum atomic E-state index is -0.588. The summed E-state index contributed by atoms with van der Waals surface area (Å²) in [5, 5.41) is 13.7. The summed E-state index contributed by atoms with van der Waals surface area (Å²) < 4.78 is -0.145. The van der Waals surface area contributed by atoms with Gasteiger partial charge < -0.3 is 10.7 Å². The third kappa shape index (κ3) is 4.10. The van der Waals surface area contributed by atoms with Gasteiger partial charge >= 0.3 is 0 Å². The molecule has 1 amide bonds. The third-order valence-corrected chi connectivity index (χ3v) is 4.08. The van der Waals surface area contributed by atoms with E-state index >= 15 is 0 Å². The number of carbonyl (C=O) groups is 1. The summed E-state index contributed by atoms with van der Waals surface area (Å²) >= 11 is 1.60. The first-order valence-electron chi connectivity index (χ1n) is 5.89. The van der Waals surface area contributed by atoms with Crippen molar-refractivity contribution in [2.24, 2.45) is 5.84 Å². The molecule has 0 unspecified atom stereocenters. The van der Waals surface area contributed by atoms with Gasteiger partial charge in [-0.25, -0.2) is 0 Å². The number of thioether (sulfide) groups is 1. The highest BCUT2D eigenvalue weighted by atomic mass is 32.2. The molecule has 0 spiro atoms. The van der Waals surface area contributed by atoms with E-state index in [9.17, 15) is 14.9 Å². The first-order chi connectivity index (χ1) is 9.30. The average molecular weight is 298 g/mol. The maximum Gasteiger partial charge on any atom is 0.282 e. The van der Waals surface area contributed by atoms with Crippen molar-refractivity contribution in [1.29, 1.82) is 0 Å². The van der Waals surface area contributed by atoms with E-state index in [1.165, 1.54) is 18.2 Å². The van der Waals surface area contributed by atoms with Gasteiger partial charge in [0.1, 0.15) is 5.56 Å². The summed E-state index contributed by atoms with van der Waals surface area (Å²) in [6, 6.07) is 4.06. The van der Waals surface area contributed by atoms with Crippen LogP contribution in [0.15, 0.2) is 18.2 Å². The molecule has 1 rings (SSSR count). The van der Waals surface area contributed by atoms with Gasteiger partial charge in [-0.2, -0.15) is 11.8 Å². The second-order valence-electron chi connectivity index (χ2n) is 4.78. The van der Waals surface area contributed by atoms with Crippen molar-refractivity contribution < 1.29 is 9.72 Å². The smallest absolute Gasteiger partial charge is 0.282 e. The van der Waals surface area contributed by atoms with E-state index in [1.807, 2.05) is 20.1 Å². The quantitative estimate of drug-likeness (QED) is 0.419. The first-order valence-corrected chi connectivity index (χ1v) is 7.11. The van der Waals surface area contributed by atoms with Crippen molar-refractivity contribution in [3.8, 4) is 0 Å². The minimum absolute atomic E-state index is 0.0117. The van der Waals surface area contributed by atoms with Crippen LogP contribution in [0.25, 0.3) is 0 Å². The molecule has 1 aromatic rings. The summed E-state index contributed by atoms with van der Waals surface area (Å²) in [7, 11) is 0. The Morgan fingerprint density at radius 3 is 2.65 bits per heavy atom. The number of nitrogen functional groups attached to an aromatic ring is 1. The van der Waals surface area contributed by atoms with Crippen molar-refractivity contribution in [2.45, 2.75) is 18.6 Å². The standard InChI is InChI=1S/C12H18N4O3S/c1-12(2,20-3)7-14-11(17)9-6-8(15-13)4-5-10(9)16(18)19/h4-6,15H,7,13H2,1-3H3,(H,14,17). The lowest BCUT2D eigenvalue weighted by molar-refractivity contribution is -0.385. The average Bonchev–Trinajstić information content (AvgIpc) is 2.44. The van der Waals surface area contributed by atoms with Crippen molar-refractivity contribution in [3.63, 3.8) is 0 Å². The summed E-state index contributed by atoms with van der Waals surface area (Å²) in [6.07, 6.45) is 1.94. The van der Waals surface area contributed by atoms with Crippen LogP contribution in [0.5, 0.6) is 0 Å². The maximum absolute atomic E-state index is 12.1. The molecule has 0 heterocycles. The summed E-state index contributed by atoms with van der Waals surface area (Å²) in [6.45, 7) is 4.36. The van der Waals surface area contributed by atoms with Crippen LogP contribution in [0, 0.1) is 10.1 Å². The van der Waals surface area contributed by atoms with Crippen LogP contribution < -0.4 is 16.6 Å². The van der Waals surface area contributed by atoms with Gasteiger partial charge in [-0.3, -0.25) is 20.8 Å². The topological polar surface area (TPSA) is 110 Å². The Kier molecular flexibility index (Phi) is 5.34. The summed E-state index contributed by atoms with van der Waals surface area (Å²) in [5.41, 5.74) is 2.54. The molecular formula is C12H18N4O3S. The largest absolute Gasteiger partial charge is 0.350 e. The van der Waals surface area contributed by atoms with Crippen LogP contribution >= 0.6 is 11.8 Å². The number of rotatable bonds is 6. The second-order valence-corrected chi connectivity index (χ2v) is 6.29. The lowest BCUT2D eigenvalue weighted by Crippen LogP contribution is -2.36. The van der Waals surface area contributed by atoms with Gasteiger partial charge in [0.2, 0.25) is 0 Å². The molecule has 8 heteroatoms. The molecular weight excluding hydrogens is 280 g/mol. The highest BCUT2D eigenvalue weighted by molar-refractivity contribution is 7.99. The number of nitro groups is 1. The van der Waals surface area contributed by atoms with Gasteiger partial charge in [0, 0.05) is 23.0 Å². The Bertz CT molecular complexity index is 519. The van der Waals surface area contributed by atoms with Gasteiger partial charge in [0.05, 0.1) is 4.92 Å². The molecule has 0 saturated carbocycles. The minimum Gasteiger partial charge on any atom is -0.350 e. The van der Waals surface area contributed by atoms with E-state index in [0.717, 1.165) is 0 Å². The van der Waals surface area contributed by atoms with Crippen molar-refractivity contribution in [3.05, 3.63) is 33.9 Å². The molecule has 7 nitrogen and oxygen atoms in total. The Morgan fingerprint density at radius 1 is 1.50 bits per heavy atom. The SMILES string of the molecule is CSC(C)(C)CNC(=O)c1cc(NN)ccc1[N+](=O)[O-]. The first kappa shape index (κ1) is 16.3. The normalized spacial score (nSPS) is 11.0. The molecule has 0 aromatic heterocycles. The zero-order valence-corrected chi connectivity index (χ0v) is 12.4. The molecule has 0 aliphatic carbocycles. The van der Waals surface area contributed by atoms with Crippen LogP contribution in [0.2, 0.25) is 0 Å². The van der Waals surface area contributed by atoms with Gasteiger partial charge in [-0.15, -0.1) is 0 Å². The molecule has 4 N–H and O–H groups in total. The molecule has 0 aliphatic heterocycles. The van der Waals surface area contributed by atoms with E-state index in [-0.39, 0.29) is 16.0 Å². The Balaban J connectivity index is 2.98. The van der Waals surface area contributed by atoms with Crippen LogP contribution in [-0.2, 0) is 0 Å². The number of amides is 1. The summed E-state index contributed by atoms with van der Waals surface area (Å²) in [5.74, 6) is 4.77. The van der Waals surface area contributed by atoms with Crippen LogP contribution in [0.3, 0.4) is 0 Å². The number of nitrogens with zero attached hydrogens (tertiary/aromatic N) is 1. The number of hydrogen-bond donors (Lipinski definition) is 3. The predicted octanol–water partition coefficient (Wildman–Crippen LogP) is 1.75. The fourth-order valence-corrected chi connectivity index (χ4v) is 1.64. The van der Waals surface area contributed by atoms with E-state index in [1.54, 1.807) is 11.8 Å². The number of carbonyl (C=O) groups excluding carboxylic acids is 1. The molecule has 0 saturated heterocycles. The summed E-state index contributed by atoms with van der Waals surface area (Å²) in [4.78, 5) is 22.5. The molecule has 110 valence electrons. The van der Waals surface area contributed by atoms with Gasteiger partial charge in [-0.05, 0) is 32.2 Å². The number of nitrogens with two attached hydrogens (primary N) is 1. The van der Waals surface area contributed by atoms with E-state index in [2.05, 4.69) is 10.7 Å². The number of benzene rings is 1. The molecule has 0 bridgehead atoms. The van der Waals surface area contributed by atoms with E-state index in [4.69, 9.17) is 5.84 Å². The lowest BCUT2D eigenvalue weighted by Gasteiger charge is -2.22. The third-order valence-electron chi connectivity index (χ3n) is 2.83. The lowest BCUT2D eigenvalue weighted by atomic mass is 10.1. The maximum atomic E-state index is 12.1. The van der Waals surface area contributed by atoms with Gasteiger partial charge in [-0.1, -0.05) is 0 Å². The Labute approximate surface area is 121 Å². The highest BCUT2D eigenvalue weighted by Gasteiger charge is 2.23. The van der Waals surface area contributed by atoms with Gasteiger partial charge in [0.15, 0.2) is 0 Å². The fraction of sp³-hybridized carbons (Fsp3) is 0.417. The number of anilines is 1. The van der Waals surface area contributed by atoms with Crippen LogP contribution in [0.1, 0.15) is 24.2 Å². The predicted molar refractivity (Wildman–Crippen MR) is 80.8 cm³/mol. The zero-order chi connectivity index (χ0) is 15.3. The zero-order valence-electron chi connectivity index (χ0n) is 11.6. The molecule has 0 radical (unpaired) electrons. The molecule has 0 atom stereocenters. The highest BCUT2D eigenvalue weighted by Crippen LogP contribution is 2.23. The van der Waals surface area contributed by atoms with Crippen LogP contribution in [0.4, 0.5) is 11.4 Å². The molecule has 0 fully saturated rings. The van der Waals surface area contributed by atoms with E-state index in [0.29, 0.717) is 12.2 Å². The monoisotopic (exact) mass is 298 g/mol. The number of nitrogens with one attached hydrogen (secondary N) is 2. The number of hydrogen-bond acceptors (Lipinski definition) is 6. The molecule has 1 aromatic carbocycles. The second kappa shape index (κ2) is 6.58. The Morgan fingerprint density at radius 2 is 2.15 bits per heavy atom. The Hall–Kier alpha value is -1.80. The van der Waals surface area contributed by atoms with Crippen molar-refractivity contribution >= 4 is 29.0 Å². The number of nitro benzene ring substituents is 1. The van der Waals surface area contributed by atoms with Crippen molar-refractivity contribution in [2.75, 3.05) is 18.2 Å². The van der Waals surface area contributed by atoms with Gasteiger partial charge in [0.25, 0.3) is 11.6 Å².